The van der Waals surface area contributed by atoms with Gasteiger partial charge in [0.15, 0.2) is 5.13 Å². The van der Waals surface area contributed by atoms with Gasteiger partial charge in [0.2, 0.25) is 15.9 Å². The molecule has 0 atom stereocenters. The van der Waals surface area contributed by atoms with Gasteiger partial charge in [-0.3, -0.25) is 4.79 Å². The lowest BCUT2D eigenvalue weighted by Gasteiger charge is -2.26. The van der Waals surface area contributed by atoms with Crippen molar-refractivity contribution >= 4 is 32.4 Å². The van der Waals surface area contributed by atoms with E-state index in [4.69, 9.17) is 4.74 Å². The summed E-state index contributed by atoms with van der Waals surface area (Å²) in [4.78, 5) is 16.6. The van der Waals surface area contributed by atoms with Gasteiger partial charge in [-0.25, -0.2) is 13.4 Å². The molecular formula is C16H19N3O4S2. The Balaban J connectivity index is 1.88. The van der Waals surface area contributed by atoms with Crippen molar-refractivity contribution in [2.45, 2.75) is 31.7 Å². The van der Waals surface area contributed by atoms with Gasteiger partial charge in [-0.15, -0.1) is 11.3 Å². The van der Waals surface area contributed by atoms with E-state index in [1.807, 2.05) is 6.92 Å². The van der Waals surface area contributed by atoms with Gasteiger partial charge in [0.25, 0.3) is 0 Å². The number of hydrogen-bond acceptors (Lipinski definition) is 6. The zero-order valence-electron chi connectivity index (χ0n) is 14.0. The number of anilines is 1. The highest BCUT2D eigenvalue weighted by atomic mass is 32.2. The molecule has 2 heterocycles. The third-order valence-corrected chi connectivity index (χ3v) is 6.63. The number of thiazole rings is 1. The number of aromatic nitrogens is 1. The molecule has 0 aliphatic carbocycles. The lowest BCUT2D eigenvalue weighted by molar-refractivity contribution is -0.114. The Bertz CT molecular complexity index is 893. The van der Waals surface area contributed by atoms with Crippen LogP contribution in [-0.2, 0) is 27.8 Å². The zero-order valence-corrected chi connectivity index (χ0v) is 15.6. The fourth-order valence-corrected chi connectivity index (χ4v) is 5.35. The van der Waals surface area contributed by atoms with Gasteiger partial charge in [-0.1, -0.05) is 12.1 Å². The summed E-state index contributed by atoms with van der Waals surface area (Å²) in [5.41, 5.74) is 0.846. The van der Waals surface area contributed by atoms with Crippen LogP contribution in [0.25, 0.3) is 0 Å². The van der Waals surface area contributed by atoms with E-state index in [0.717, 1.165) is 10.6 Å². The number of fused-ring (bicyclic) bond motifs is 1. The summed E-state index contributed by atoms with van der Waals surface area (Å²) >= 11 is 1.31. The second-order valence-electron chi connectivity index (χ2n) is 5.54. The van der Waals surface area contributed by atoms with Crippen molar-refractivity contribution < 1.29 is 17.9 Å². The summed E-state index contributed by atoms with van der Waals surface area (Å²) in [5.74, 6) is 0.167. The molecule has 7 nitrogen and oxygen atoms in total. The molecule has 0 saturated carbocycles. The molecule has 1 aliphatic rings. The maximum Gasteiger partial charge on any atom is 0.247 e. The van der Waals surface area contributed by atoms with Gasteiger partial charge in [-0.2, -0.15) is 4.31 Å². The van der Waals surface area contributed by atoms with Gasteiger partial charge in [0.1, 0.15) is 10.6 Å². The van der Waals surface area contributed by atoms with E-state index in [9.17, 15) is 13.2 Å². The van der Waals surface area contributed by atoms with Gasteiger partial charge >= 0.3 is 0 Å². The highest BCUT2D eigenvalue weighted by Gasteiger charge is 2.32. The molecule has 0 radical (unpaired) electrons. The minimum atomic E-state index is -3.67. The molecule has 1 aromatic carbocycles. The second kappa shape index (κ2) is 7.11. The molecular weight excluding hydrogens is 362 g/mol. The lowest BCUT2D eigenvalue weighted by Crippen LogP contribution is -2.35. The quantitative estimate of drug-likeness (QED) is 0.858. The first kappa shape index (κ1) is 17.8. The van der Waals surface area contributed by atoms with E-state index in [1.54, 1.807) is 24.3 Å². The van der Waals surface area contributed by atoms with Crippen LogP contribution in [0, 0.1) is 0 Å². The minimum absolute atomic E-state index is 0.173. The van der Waals surface area contributed by atoms with Crippen LogP contribution in [0.3, 0.4) is 0 Å². The molecule has 0 fully saturated rings. The van der Waals surface area contributed by atoms with Gasteiger partial charge in [0.05, 0.1) is 18.8 Å². The monoisotopic (exact) mass is 381 g/mol. The number of hydrogen-bond donors (Lipinski definition) is 1. The van der Waals surface area contributed by atoms with E-state index in [2.05, 4.69) is 10.3 Å². The first-order valence-electron chi connectivity index (χ1n) is 7.90. The molecule has 9 heteroatoms. The second-order valence-corrected chi connectivity index (χ2v) is 8.53. The Hall–Kier alpha value is -1.97. The fourth-order valence-electron chi connectivity index (χ4n) is 2.66. The summed E-state index contributed by atoms with van der Waals surface area (Å²) < 4.78 is 33.0. The highest BCUT2D eigenvalue weighted by Crippen LogP contribution is 2.33. The lowest BCUT2D eigenvalue weighted by atomic mass is 10.2. The Labute approximate surface area is 150 Å². The number of amides is 1. The maximum atomic E-state index is 13.0. The average Bonchev–Trinajstić information content (AvgIpc) is 2.96. The summed E-state index contributed by atoms with van der Waals surface area (Å²) in [5, 5.41) is 3.16. The van der Waals surface area contributed by atoms with Crippen molar-refractivity contribution in [3.8, 4) is 5.75 Å². The minimum Gasteiger partial charge on any atom is -0.492 e. The van der Waals surface area contributed by atoms with Crippen LogP contribution >= 0.6 is 11.3 Å². The van der Waals surface area contributed by atoms with Crippen molar-refractivity contribution in [3.63, 3.8) is 0 Å². The standard InChI is InChI=1S/C16H19N3O4S2/c1-3-23-13-6-4-5-7-15(13)25(21,22)19-9-8-12-14(10-19)24-16(18-12)17-11(2)20/h4-7H,3,8-10H2,1-2H3,(H,17,18,20). The summed E-state index contributed by atoms with van der Waals surface area (Å²) in [6.45, 7) is 4.22. The summed E-state index contributed by atoms with van der Waals surface area (Å²) in [6.07, 6.45) is 0.515. The van der Waals surface area contributed by atoms with E-state index in [1.165, 1.54) is 22.6 Å². The summed E-state index contributed by atoms with van der Waals surface area (Å²) in [6, 6.07) is 6.66. The molecule has 0 spiro atoms. The Morgan fingerprint density at radius 3 is 2.88 bits per heavy atom. The van der Waals surface area contributed by atoms with Crippen LogP contribution in [0.4, 0.5) is 5.13 Å². The van der Waals surface area contributed by atoms with Crippen LogP contribution < -0.4 is 10.1 Å². The third kappa shape index (κ3) is 3.68. The fraction of sp³-hybridized carbons (Fsp3) is 0.375. The van der Waals surface area contributed by atoms with Crippen molar-refractivity contribution in [2.24, 2.45) is 0 Å². The van der Waals surface area contributed by atoms with E-state index >= 15 is 0 Å². The van der Waals surface area contributed by atoms with Crippen LogP contribution in [-0.4, -0.2) is 36.8 Å². The Kier molecular flexibility index (Phi) is 5.07. The van der Waals surface area contributed by atoms with Crippen molar-refractivity contribution in [1.29, 1.82) is 0 Å². The number of ether oxygens (including phenoxy) is 1. The summed E-state index contributed by atoms with van der Waals surface area (Å²) in [7, 11) is -3.67. The third-order valence-electron chi connectivity index (χ3n) is 3.75. The molecule has 0 bridgehead atoms. The molecule has 2 aromatic rings. The van der Waals surface area contributed by atoms with Crippen molar-refractivity contribution in [2.75, 3.05) is 18.5 Å². The smallest absolute Gasteiger partial charge is 0.247 e. The van der Waals surface area contributed by atoms with Crippen LogP contribution in [0.5, 0.6) is 5.75 Å². The molecule has 1 aromatic heterocycles. The number of rotatable bonds is 5. The molecule has 1 N–H and O–H groups in total. The number of carbonyl (C=O) groups excluding carboxylic acids is 1. The molecule has 1 aliphatic heterocycles. The average molecular weight is 381 g/mol. The Morgan fingerprint density at radius 2 is 2.16 bits per heavy atom. The zero-order chi connectivity index (χ0) is 18.0. The van der Waals surface area contributed by atoms with Crippen molar-refractivity contribution in [3.05, 3.63) is 34.8 Å². The maximum absolute atomic E-state index is 13.0. The SMILES string of the molecule is CCOc1ccccc1S(=O)(=O)N1CCc2nc(NC(C)=O)sc2C1. The molecule has 25 heavy (non-hydrogen) atoms. The topological polar surface area (TPSA) is 88.6 Å². The number of nitrogens with one attached hydrogen (secondary N) is 1. The predicted molar refractivity (Wildman–Crippen MR) is 95.3 cm³/mol. The Morgan fingerprint density at radius 1 is 1.40 bits per heavy atom. The van der Waals surface area contributed by atoms with Crippen LogP contribution in [0.1, 0.15) is 24.4 Å². The first-order chi connectivity index (χ1) is 11.9. The molecule has 3 rings (SSSR count). The number of para-hydroxylation sites is 1. The van der Waals surface area contributed by atoms with Gasteiger partial charge in [-0.05, 0) is 19.1 Å². The van der Waals surface area contributed by atoms with E-state index < -0.39 is 10.0 Å². The van der Waals surface area contributed by atoms with E-state index in [-0.39, 0.29) is 17.3 Å². The van der Waals surface area contributed by atoms with Crippen molar-refractivity contribution in [1.82, 2.24) is 9.29 Å². The largest absolute Gasteiger partial charge is 0.492 e. The van der Waals surface area contributed by atoms with E-state index in [0.29, 0.717) is 30.5 Å². The highest BCUT2D eigenvalue weighted by molar-refractivity contribution is 7.89. The van der Waals surface area contributed by atoms with Crippen LogP contribution in [0.2, 0.25) is 0 Å². The molecule has 1 amide bonds. The van der Waals surface area contributed by atoms with Gasteiger partial charge < -0.3 is 10.1 Å². The molecule has 0 saturated heterocycles. The number of carbonyl (C=O) groups is 1. The first-order valence-corrected chi connectivity index (χ1v) is 10.2. The van der Waals surface area contributed by atoms with Crippen LogP contribution in [0.15, 0.2) is 29.2 Å². The molecule has 0 unspecified atom stereocenters. The number of benzene rings is 1. The van der Waals surface area contributed by atoms with Gasteiger partial charge in [0, 0.05) is 24.8 Å². The number of sulfonamides is 1. The number of nitrogens with zero attached hydrogens (tertiary/aromatic N) is 2. The predicted octanol–water partition coefficient (Wildman–Crippen LogP) is 2.25. The normalized spacial score (nSPS) is 14.8. The molecule has 134 valence electrons.